The van der Waals surface area contributed by atoms with E-state index in [1.54, 1.807) is 24.3 Å². The van der Waals surface area contributed by atoms with E-state index in [9.17, 15) is 9.59 Å². The second kappa shape index (κ2) is 5.81. The summed E-state index contributed by atoms with van der Waals surface area (Å²) in [6.45, 7) is -0.178. The molecule has 19 heavy (non-hydrogen) atoms. The highest BCUT2D eigenvalue weighted by Crippen LogP contribution is 2.10. The van der Waals surface area contributed by atoms with Crippen molar-refractivity contribution in [2.75, 3.05) is 6.61 Å². The molecule has 0 radical (unpaired) electrons. The summed E-state index contributed by atoms with van der Waals surface area (Å²) in [4.78, 5) is 25.2. The summed E-state index contributed by atoms with van der Waals surface area (Å²) in [5, 5.41) is 13.4. The summed E-state index contributed by atoms with van der Waals surface area (Å²) in [5.74, 6) is 0. The van der Waals surface area contributed by atoms with Gasteiger partial charge in [0.15, 0.2) is 0 Å². The molecule has 0 aliphatic heterocycles. The molecule has 0 spiro atoms. The van der Waals surface area contributed by atoms with E-state index in [0.717, 1.165) is 10.2 Å². The van der Waals surface area contributed by atoms with Crippen LogP contribution in [0.3, 0.4) is 0 Å². The Balaban J connectivity index is 2.34. The van der Waals surface area contributed by atoms with Gasteiger partial charge in [0.25, 0.3) is 5.56 Å². The maximum absolute atomic E-state index is 11.6. The normalized spacial score (nSPS) is 10.6. The van der Waals surface area contributed by atoms with Crippen molar-refractivity contribution in [3.05, 3.63) is 61.4 Å². The predicted molar refractivity (Wildman–Crippen MR) is 70.5 cm³/mol. The average Bonchev–Trinajstić information content (AvgIpc) is 2.38. The van der Waals surface area contributed by atoms with Crippen molar-refractivity contribution in [2.45, 2.75) is 13.0 Å². The van der Waals surface area contributed by atoms with Gasteiger partial charge in [0.2, 0.25) is 0 Å². The number of aliphatic hydroxyl groups excluding tert-OH is 1. The number of benzene rings is 1. The van der Waals surface area contributed by atoms with E-state index in [1.165, 1.54) is 0 Å². The summed E-state index contributed by atoms with van der Waals surface area (Å²) in [6, 6.07) is 7.00. The smallest absolute Gasteiger partial charge is 0.344 e. The first-order chi connectivity index (χ1) is 9.10. The molecule has 0 atom stereocenters. The number of aromatic amines is 1. The standard InChI is InChI=1S/C12H12ClN3O3/c13-9-3-1-8(2-4-9)7-10-11(18)14-12(19)16(15-10)5-6-17/h1-4,17H,5-7H2,(H,14,18,19). The number of aliphatic hydroxyl groups is 1. The molecule has 0 unspecified atom stereocenters. The lowest BCUT2D eigenvalue weighted by molar-refractivity contribution is 0.264. The van der Waals surface area contributed by atoms with E-state index in [2.05, 4.69) is 10.1 Å². The Morgan fingerprint density at radius 3 is 2.58 bits per heavy atom. The lowest BCUT2D eigenvalue weighted by Crippen LogP contribution is -2.35. The van der Waals surface area contributed by atoms with Crippen LogP contribution in [0, 0.1) is 0 Å². The number of H-pyrrole nitrogens is 1. The Kier molecular flexibility index (Phi) is 4.13. The summed E-state index contributed by atoms with van der Waals surface area (Å²) < 4.78 is 1.03. The molecular weight excluding hydrogens is 270 g/mol. The van der Waals surface area contributed by atoms with Crippen molar-refractivity contribution in [1.82, 2.24) is 14.8 Å². The van der Waals surface area contributed by atoms with E-state index >= 15 is 0 Å². The van der Waals surface area contributed by atoms with E-state index in [-0.39, 0.29) is 25.3 Å². The zero-order valence-corrected chi connectivity index (χ0v) is 10.7. The fraction of sp³-hybridized carbons (Fsp3) is 0.250. The molecule has 0 bridgehead atoms. The Morgan fingerprint density at radius 1 is 1.26 bits per heavy atom. The molecule has 1 aromatic heterocycles. The minimum absolute atomic E-state index is 0.0449. The molecule has 2 N–H and O–H groups in total. The van der Waals surface area contributed by atoms with E-state index in [1.807, 2.05) is 0 Å². The largest absolute Gasteiger partial charge is 0.394 e. The highest BCUT2D eigenvalue weighted by atomic mass is 35.5. The second-order valence-electron chi connectivity index (χ2n) is 3.96. The zero-order valence-electron chi connectivity index (χ0n) is 9.97. The minimum atomic E-state index is -0.626. The third-order valence-corrected chi connectivity index (χ3v) is 2.81. The number of hydrogen-bond donors (Lipinski definition) is 2. The van der Waals surface area contributed by atoms with Crippen molar-refractivity contribution in [3.63, 3.8) is 0 Å². The number of nitrogens with one attached hydrogen (secondary N) is 1. The first-order valence-electron chi connectivity index (χ1n) is 5.66. The summed E-state index contributed by atoms with van der Waals surface area (Å²) in [6.07, 6.45) is 0.290. The van der Waals surface area contributed by atoms with Gasteiger partial charge in [-0.1, -0.05) is 23.7 Å². The third kappa shape index (κ3) is 3.30. The molecule has 0 saturated carbocycles. The summed E-state index contributed by atoms with van der Waals surface area (Å²) in [5.41, 5.74) is -0.0694. The zero-order chi connectivity index (χ0) is 13.8. The van der Waals surface area contributed by atoms with Crippen LogP contribution in [0.2, 0.25) is 5.02 Å². The van der Waals surface area contributed by atoms with Crippen LogP contribution < -0.4 is 11.2 Å². The number of halogens is 1. The quantitative estimate of drug-likeness (QED) is 0.836. The molecule has 2 aromatic rings. The van der Waals surface area contributed by atoms with Gasteiger partial charge in [0.1, 0.15) is 5.69 Å². The molecule has 1 heterocycles. The van der Waals surface area contributed by atoms with Crippen LogP contribution in [0.15, 0.2) is 33.9 Å². The molecule has 0 saturated heterocycles. The van der Waals surface area contributed by atoms with Gasteiger partial charge >= 0.3 is 5.69 Å². The molecule has 0 aliphatic carbocycles. The van der Waals surface area contributed by atoms with Crippen molar-refractivity contribution < 1.29 is 5.11 Å². The fourth-order valence-electron chi connectivity index (χ4n) is 1.63. The lowest BCUT2D eigenvalue weighted by atomic mass is 10.1. The monoisotopic (exact) mass is 281 g/mol. The van der Waals surface area contributed by atoms with Gasteiger partial charge in [-0.25, -0.2) is 9.48 Å². The topological polar surface area (TPSA) is 88.0 Å². The molecule has 6 nitrogen and oxygen atoms in total. The maximum Gasteiger partial charge on any atom is 0.344 e. The lowest BCUT2D eigenvalue weighted by Gasteiger charge is -2.05. The van der Waals surface area contributed by atoms with E-state index in [0.29, 0.717) is 5.02 Å². The Bertz CT molecular complexity index is 676. The molecule has 100 valence electrons. The van der Waals surface area contributed by atoms with E-state index in [4.69, 9.17) is 16.7 Å². The molecule has 7 heteroatoms. The SMILES string of the molecule is O=c1[nH]c(=O)n(CCO)nc1Cc1ccc(Cl)cc1. The summed E-state index contributed by atoms with van der Waals surface area (Å²) in [7, 11) is 0. The van der Waals surface area contributed by atoms with Crippen molar-refractivity contribution in [3.8, 4) is 0 Å². The van der Waals surface area contributed by atoms with Gasteiger partial charge in [0, 0.05) is 11.4 Å². The van der Waals surface area contributed by atoms with Gasteiger partial charge in [-0.05, 0) is 17.7 Å². The number of hydrogen-bond acceptors (Lipinski definition) is 4. The highest BCUT2D eigenvalue weighted by molar-refractivity contribution is 6.30. The number of nitrogens with zero attached hydrogens (tertiary/aromatic N) is 2. The van der Waals surface area contributed by atoms with Crippen molar-refractivity contribution in [1.29, 1.82) is 0 Å². The summed E-state index contributed by atoms with van der Waals surface area (Å²) >= 11 is 5.78. The van der Waals surface area contributed by atoms with Gasteiger partial charge in [-0.15, -0.1) is 0 Å². The Labute approximate surface area is 113 Å². The molecule has 0 amide bonds. The first kappa shape index (κ1) is 13.5. The molecule has 0 aliphatic rings. The molecule has 1 aromatic carbocycles. The van der Waals surface area contributed by atoms with Crippen LogP contribution in [0.4, 0.5) is 0 Å². The van der Waals surface area contributed by atoms with Crippen molar-refractivity contribution >= 4 is 11.6 Å². The van der Waals surface area contributed by atoms with Crippen LogP contribution in [-0.4, -0.2) is 26.5 Å². The van der Waals surface area contributed by atoms with Gasteiger partial charge in [0.05, 0.1) is 13.2 Å². The van der Waals surface area contributed by atoms with Crippen LogP contribution in [-0.2, 0) is 13.0 Å². The average molecular weight is 282 g/mol. The van der Waals surface area contributed by atoms with Crippen molar-refractivity contribution in [2.24, 2.45) is 0 Å². The van der Waals surface area contributed by atoms with Gasteiger partial charge in [-0.3, -0.25) is 9.78 Å². The number of rotatable bonds is 4. The Hall–Kier alpha value is -1.92. The van der Waals surface area contributed by atoms with Gasteiger partial charge < -0.3 is 5.11 Å². The maximum atomic E-state index is 11.6. The highest BCUT2D eigenvalue weighted by Gasteiger charge is 2.07. The fourth-order valence-corrected chi connectivity index (χ4v) is 1.75. The molecule has 2 rings (SSSR count). The van der Waals surface area contributed by atoms with Crippen LogP contribution in [0.5, 0.6) is 0 Å². The third-order valence-electron chi connectivity index (χ3n) is 2.56. The molecule has 0 fully saturated rings. The number of aromatic nitrogens is 3. The minimum Gasteiger partial charge on any atom is -0.394 e. The van der Waals surface area contributed by atoms with Gasteiger partial charge in [-0.2, -0.15) is 5.10 Å². The van der Waals surface area contributed by atoms with Crippen LogP contribution >= 0.6 is 11.6 Å². The van der Waals surface area contributed by atoms with Crippen LogP contribution in [0.1, 0.15) is 11.3 Å². The Morgan fingerprint density at radius 2 is 1.95 bits per heavy atom. The molecular formula is C12H12ClN3O3. The van der Waals surface area contributed by atoms with Crippen LogP contribution in [0.25, 0.3) is 0 Å². The van der Waals surface area contributed by atoms with E-state index < -0.39 is 11.2 Å². The first-order valence-corrected chi connectivity index (χ1v) is 6.03. The predicted octanol–water partition coefficient (Wildman–Crippen LogP) is 0.168. The second-order valence-corrected chi connectivity index (χ2v) is 4.39.